The number of carbonyl (C=O) groups is 2. The van der Waals surface area contributed by atoms with Crippen LogP contribution in [0, 0.1) is 5.82 Å². The molecule has 4 aromatic rings. The predicted octanol–water partition coefficient (Wildman–Crippen LogP) is 6.44. The molecule has 4 rings (SSSR count). The van der Waals surface area contributed by atoms with Crippen molar-refractivity contribution in [2.24, 2.45) is 0 Å². The van der Waals surface area contributed by atoms with Crippen LogP contribution >= 0.6 is 11.3 Å². The monoisotopic (exact) mass is 516 g/mol. The first-order valence-electron chi connectivity index (χ1n) is 12.1. The van der Waals surface area contributed by atoms with Crippen molar-refractivity contribution < 1.29 is 14.0 Å². The van der Waals surface area contributed by atoms with Gasteiger partial charge >= 0.3 is 6.03 Å². The van der Waals surface area contributed by atoms with E-state index in [1.807, 2.05) is 74.5 Å². The molecule has 0 fully saturated rings. The smallest absolute Gasteiger partial charge is 0.322 e. The number of amides is 3. The summed E-state index contributed by atoms with van der Waals surface area (Å²) in [6.45, 7) is 3.94. The molecule has 0 aliphatic heterocycles. The van der Waals surface area contributed by atoms with Gasteiger partial charge in [0, 0.05) is 11.4 Å². The number of halogens is 1. The number of urea groups is 1. The number of hydrogen-bond donors (Lipinski definition) is 2. The number of hydrogen-bond acceptors (Lipinski definition) is 4. The van der Waals surface area contributed by atoms with Gasteiger partial charge in [0.2, 0.25) is 0 Å². The minimum absolute atomic E-state index is 0.114. The average molecular weight is 517 g/mol. The SMILES string of the molecule is CC(C)N(Cc1nc(C(=O)NC(Cc2ccccc2)c2ccccc2)cs1)C(=O)Nc1ccccc1F. The Labute approximate surface area is 220 Å². The Bertz CT molecular complexity index is 1330. The summed E-state index contributed by atoms with van der Waals surface area (Å²) in [6, 6.07) is 25.0. The highest BCUT2D eigenvalue weighted by molar-refractivity contribution is 7.09. The van der Waals surface area contributed by atoms with Gasteiger partial charge in [-0.3, -0.25) is 4.79 Å². The molecule has 1 aromatic heterocycles. The van der Waals surface area contributed by atoms with Crippen LogP contribution in [-0.4, -0.2) is 27.9 Å². The highest BCUT2D eigenvalue weighted by Crippen LogP contribution is 2.21. The van der Waals surface area contributed by atoms with E-state index < -0.39 is 11.8 Å². The Kier molecular flexibility index (Phi) is 8.64. The van der Waals surface area contributed by atoms with Gasteiger partial charge in [0.1, 0.15) is 16.5 Å². The van der Waals surface area contributed by atoms with Crippen LogP contribution in [0.15, 0.2) is 90.3 Å². The number of anilines is 1. The van der Waals surface area contributed by atoms with Crippen LogP contribution < -0.4 is 10.6 Å². The topological polar surface area (TPSA) is 74.3 Å². The van der Waals surface area contributed by atoms with Crippen molar-refractivity contribution in [3.8, 4) is 0 Å². The molecule has 190 valence electrons. The number of benzene rings is 3. The number of rotatable bonds is 9. The van der Waals surface area contributed by atoms with E-state index in [0.29, 0.717) is 17.1 Å². The van der Waals surface area contributed by atoms with Crippen molar-refractivity contribution in [3.63, 3.8) is 0 Å². The summed E-state index contributed by atoms with van der Waals surface area (Å²) in [6.07, 6.45) is 0.644. The lowest BCUT2D eigenvalue weighted by atomic mass is 9.99. The third-order valence-corrected chi connectivity index (χ3v) is 6.71. The second kappa shape index (κ2) is 12.3. The summed E-state index contributed by atoms with van der Waals surface area (Å²) in [5, 5.41) is 8.05. The van der Waals surface area contributed by atoms with Gasteiger partial charge in [-0.05, 0) is 43.5 Å². The van der Waals surface area contributed by atoms with E-state index in [1.54, 1.807) is 22.4 Å². The molecule has 1 unspecified atom stereocenters. The van der Waals surface area contributed by atoms with Crippen LogP contribution in [0.4, 0.5) is 14.9 Å². The first kappa shape index (κ1) is 26.0. The average Bonchev–Trinajstić information content (AvgIpc) is 3.38. The zero-order valence-electron chi connectivity index (χ0n) is 20.7. The Balaban J connectivity index is 1.45. The molecule has 0 saturated heterocycles. The van der Waals surface area contributed by atoms with Gasteiger partial charge in [0.05, 0.1) is 18.3 Å². The van der Waals surface area contributed by atoms with E-state index in [9.17, 15) is 14.0 Å². The third-order valence-electron chi connectivity index (χ3n) is 5.88. The number of aromatic nitrogens is 1. The van der Waals surface area contributed by atoms with Crippen LogP contribution in [0.5, 0.6) is 0 Å². The molecule has 0 radical (unpaired) electrons. The number of para-hydroxylation sites is 1. The molecule has 0 aliphatic rings. The van der Waals surface area contributed by atoms with Gasteiger partial charge in [0.25, 0.3) is 5.91 Å². The number of nitrogens with one attached hydrogen (secondary N) is 2. The lowest BCUT2D eigenvalue weighted by Crippen LogP contribution is -2.39. The molecule has 0 saturated carbocycles. The van der Waals surface area contributed by atoms with Crippen molar-refractivity contribution in [2.45, 2.75) is 38.9 Å². The van der Waals surface area contributed by atoms with E-state index in [1.165, 1.54) is 23.5 Å². The van der Waals surface area contributed by atoms with Crippen molar-refractivity contribution in [1.82, 2.24) is 15.2 Å². The van der Waals surface area contributed by atoms with Crippen LogP contribution in [0.1, 0.15) is 46.5 Å². The van der Waals surface area contributed by atoms with Crippen molar-refractivity contribution in [1.29, 1.82) is 0 Å². The molecule has 0 aliphatic carbocycles. The molecule has 3 amide bonds. The second-order valence-corrected chi connectivity index (χ2v) is 9.83. The Morgan fingerprint density at radius 3 is 2.27 bits per heavy atom. The maximum atomic E-state index is 14.0. The van der Waals surface area contributed by atoms with Crippen molar-refractivity contribution in [3.05, 3.63) is 118 Å². The van der Waals surface area contributed by atoms with Gasteiger partial charge in [0.15, 0.2) is 0 Å². The number of carbonyl (C=O) groups excluding carboxylic acids is 2. The fourth-order valence-corrected chi connectivity index (χ4v) is 4.66. The van der Waals surface area contributed by atoms with E-state index >= 15 is 0 Å². The maximum Gasteiger partial charge on any atom is 0.322 e. The van der Waals surface area contributed by atoms with Gasteiger partial charge in [-0.2, -0.15) is 0 Å². The van der Waals surface area contributed by atoms with Gasteiger partial charge in [-0.15, -0.1) is 11.3 Å². The minimum Gasteiger partial charge on any atom is -0.344 e. The van der Waals surface area contributed by atoms with Crippen molar-refractivity contribution in [2.75, 3.05) is 5.32 Å². The van der Waals surface area contributed by atoms with Crippen molar-refractivity contribution >= 4 is 29.0 Å². The summed E-state index contributed by atoms with van der Waals surface area (Å²) < 4.78 is 14.0. The standard InChI is InChI=1S/C29H29FN4O2S/c1-20(2)34(29(36)33-24-16-10-9-15-23(24)30)18-27-31-26(19-37-27)28(35)32-25(22-13-7-4-8-14-22)17-21-11-5-3-6-12-21/h3-16,19-20,25H,17-18H2,1-2H3,(H,32,35)(H,33,36). The van der Waals surface area contributed by atoms with E-state index in [4.69, 9.17) is 0 Å². The van der Waals surface area contributed by atoms with Gasteiger partial charge in [-0.1, -0.05) is 72.8 Å². The van der Waals surface area contributed by atoms with Gasteiger partial charge < -0.3 is 15.5 Å². The first-order valence-corrected chi connectivity index (χ1v) is 12.9. The normalized spacial score (nSPS) is 11.7. The Morgan fingerprint density at radius 1 is 0.946 bits per heavy atom. The summed E-state index contributed by atoms with van der Waals surface area (Å²) in [7, 11) is 0. The van der Waals surface area contributed by atoms with Crippen LogP contribution in [0.25, 0.3) is 0 Å². The quantitative estimate of drug-likeness (QED) is 0.269. The fourth-order valence-electron chi connectivity index (χ4n) is 3.89. The lowest BCUT2D eigenvalue weighted by Gasteiger charge is -2.26. The second-order valence-electron chi connectivity index (χ2n) is 8.88. The van der Waals surface area contributed by atoms with Gasteiger partial charge in [-0.25, -0.2) is 14.2 Å². The molecule has 0 spiro atoms. The molecule has 1 heterocycles. The van der Waals surface area contributed by atoms with Crippen LogP contribution in [-0.2, 0) is 13.0 Å². The zero-order valence-corrected chi connectivity index (χ0v) is 21.5. The summed E-state index contributed by atoms with van der Waals surface area (Å²) >= 11 is 1.31. The van der Waals surface area contributed by atoms with Crippen LogP contribution in [0.3, 0.4) is 0 Å². The molecule has 8 heteroatoms. The first-order chi connectivity index (χ1) is 17.9. The Morgan fingerprint density at radius 2 is 1.59 bits per heavy atom. The molecule has 0 bridgehead atoms. The molecule has 37 heavy (non-hydrogen) atoms. The summed E-state index contributed by atoms with van der Waals surface area (Å²) in [4.78, 5) is 32.1. The number of thiazole rings is 1. The molecule has 1 atom stereocenters. The largest absolute Gasteiger partial charge is 0.344 e. The number of nitrogens with zero attached hydrogens (tertiary/aromatic N) is 2. The fraction of sp³-hybridized carbons (Fsp3) is 0.207. The van der Waals surface area contributed by atoms with E-state index in [2.05, 4.69) is 15.6 Å². The lowest BCUT2D eigenvalue weighted by molar-refractivity contribution is 0.0932. The Hall–Kier alpha value is -4.04. The molecule has 2 N–H and O–H groups in total. The highest BCUT2D eigenvalue weighted by atomic mass is 32.1. The maximum absolute atomic E-state index is 14.0. The minimum atomic E-state index is -0.503. The van der Waals surface area contributed by atoms with E-state index in [-0.39, 0.29) is 30.2 Å². The van der Waals surface area contributed by atoms with E-state index in [0.717, 1.165) is 11.1 Å². The molecular formula is C29H29FN4O2S. The third kappa shape index (κ3) is 7.01. The highest BCUT2D eigenvalue weighted by Gasteiger charge is 2.22. The summed E-state index contributed by atoms with van der Waals surface area (Å²) in [5.41, 5.74) is 2.53. The molecular weight excluding hydrogens is 487 g/mol. The molecule has 3 aromatic carbocycles. The zero-order chi connectivity index (χ0) is 26.2. The summed E-state index contributed by atoms with van der Waals surface area (Å²) in [5.74, 6) is -0.782. The predicted molar refractivity (Wildman–Crippen MR) is 145 cm³/mol. The molecule has 6 nitrogen and oxygen atoms in total. The van der Waals surface area contributed by atoms with Crippen LogP contribution in [0.2, 0.25) is 0 Å².